The van der Waals surface area contributed by atoms with E-state index in [2.05, 4.69) is 0 Å². The Balaban J connectivity index is 1.71. The standard InChI is InChI=1S/C15H21NO3/c17-15(18)16-10-5-4-8-14(16)9-11-19-12-13-6-2-1-3-7-13/h1-3,6-7,14H,4-5,8-12H2,(H,17,18). The number of hydrogen-bond donors (Lipinski definition) is 1. The molecule has 1 unspecified atom stereocenters. The van der Waals surface area contributed by atoms with Crippen LogP contribution in [0.3, 0.4) is 0 Å². The minimum absolute atomic E-state index is 0.127. The van der Waals surface area contributed by atoms with Gasteiger partial charge in [-0.25, -0.2) is 4.79 Å². The van der Waals surface area contributed by atoms with Gasteiger partial charge in [0.05, 0.1) is 6.61 Å². The number of piperidine rings is 1. The predicted octanol–water partition coefficient (Wildman–Crippen LogP) is 3.13. The van der Waals surface area contributed by atoms with Crippen LogP contribution < -0.4 is 0 Å². The first-order valence-corrected chi connectivity index (χ1v) is 6.88. The van der Waals surface area contributed by atoms with Crippen LogP contribution in [-0.4, -0.2) is 35.3 Å². The van der Waals surface area contributed by atoms with Crippen molar-refractivity contribution in [1.82, 2.24) is 4.90 Å². The number of carbonyl (C=O) groups is 1. The van der Waals surface area contributed by atoms with Crippen molar-refractivity contribution in [1.29, 1.82) is 0 Å². The monoisotopic (exact) mass is 263 g/mol. The second-order valence-corrected chi connectivity index (χ2v) is 4.95. The lowest BCUT2D eigenvalue weighted by molar-refractivity contribution is 0.0688. The van der Waals surface area contributed by atoms with E-state index in [0.717, 1.165) is 31.2 Å². The van der Waals surface area contributed by atoms with Crippen LogP contribution in [0.15, 0.2) is 30.3 Å². The molecule has 1 saturated heterocycles. The van der Waals surface area contributed by atoms with Gasteiger partial charge >= 0.3 is 6.09 Å². The number of hydrogen-bond acceptors (Lipinski definition) is 2. The van der Waals surface area contributed by atoms with Crippen molar-refractivity contribution < 1.29 is 14.6 Å². The zero-order chi connectivity index (χ0) is 13.5. The predicted molar refractivity (Wildman–Crippen MR) is 73.1 cm³/mol. The van der Waals surface area contributed by atoms with Gasteiger partial charge in [-0.2, -0.15) is 0 Å². The van der Waals surface area contributed by atoms with Gasteiger partial charge in [0, 0.05) is 19.2 Å². The third-order valence-electron chi connectivity index (χ3n) is 3.58. The topological polar surface area (TPSA) is 49.8 Å². The van der Waals surface area contributed by atoms with E-state index in [9.17, 15) is 4.79 Å². The molecule has 1 atom stereocenters. The Hall–Kier alpha value is -1.55. The van der Waals surface area contributed by atoms with E-state index in [1.807, 2.05) is 30.3 Å². The smallest absolute Gasteiger partial charge is 0.407 e. The maximum absolute atomic E-state index is 11.1. The van der Waals surface area contributed by atoms with Crippen LogP contribution in [0, 0.1) is 0 Å². The van der Waals surface area contributed by atoms with E-state index in [-0.39, 0.29) is 6.04 Å². The minimum Gasteiger partial charge on any atom is -0.465 e. The first kappa shape index (κ1) is 13.9. The van der Waals surface area contributed by atoms with Crippen molar-refractivity contribution in [3.05, 3.63) is 35.9 Å². The molecule has 1 fully saturated rings. The van der Waals surface area contributed by atoms with Crippen LogP contribution in [0.25, 0.3) is 0 Å². The molecule has 0 aliphatic carbocycles. The van der Waals surface area contributed by atoms with Crippen molar-refractivity contribution in [2.45, 2.75) is 38.3 Å². The van der Waals surface area contributed by atoms with Crippen LogP contribution in [0.1, 0.15) is 31.2 Å². The first-order chi connectivity index (χ1) is 9.27. The zero-order valence-electron chi connectivity index (χ0n) is 11.1. The molecule has 1 aromatic rings. The average Bonchev–Trinajstić information content (AvgIpc) is 2.45. The second-order valence-electron chi connectivity index (χ2n) is 4.95. The van der Waals surface area contributed by atoms with Crippen LogP contribution in [0.5, 0.6) is 0 Å². The van der Waals surface area contributed by atoms with Gasteiger partial charge in [-0.15, -0.1) is 0 Å². The Morgan fingerprint density at radius 1 is 1.32 bits per heavy atom. The largest absolute Gasteiger partial charge is 0.465 e. The van der Waals surface area contributed by atoms with E-state index in [4.69, 9.17) is 9.84 Å². The van der Waals surface area contributed by atoms with Gasteiger partial charge in [-0.1, -0.05) is 30.3 Å². The Labute approximate surface area is 114 Å². The molecule has 19 heavy (non-hydrogen) atoms. The summed E-state index contributed by atoms with van der Waals surface area (Å²) in [5.41, 5.74) is 1.15. The lowest BCUT2D eigenvalue weighted by Gasteiger charge is -2.33. The molecule has 4 heteroatoms. The SMILES string of the molecule is O=C(O)N1CCCCC1CCOCc1ccccc1. The van der Waals surface area contributed by atoms with Crippen molar-refractivity contribution >= 4 is 6.09 Å². The summed E-state index contributed by atoms with van der Waals surface area (Å²) >= 11 is 0. The number of rotatable bonds is 5. The second kappa shape index (κ2) is 7.14. The molecule has 1 N–H and O–H groups in total. The van der Waals surface area contributed by atoms with E-state index < -0.39 is 6.09 Å². The van der Waals surface area contributed by atoms with E-state index in [0.29, 0.717) is 19.8 Å². The van der Waals surface area contributed by atoms with Crippen molar-refractivity contribution in [3.8, 4) is 0 Å². The molecule has 1 amide bonds. The lowest BCUT2D eigenvalue weighted by atomic mass is 10.0. The van der Waals surface area contributed by atoms with Crippen molar-refractivity contribution in [3.63, 3.8) is 0 Å². The zero-order valence-corrected chi connectivity index (χ0v) is 11.1. The fourth-order valence-electron chi connectivity index (χ4n) is 2.54. The maximum Gasteiger partial charge on any atom is 0.407 e. The Morgan fingerprint density at radius 2 is 2.11 bits per heavy atom. The molecule has 0 bridgehead atoms. The third kappa shape index (κ3) is 4.24. The fourth-order valence-corrected chi connectivity index (χ4v) is 2.54. The lowest BCUT2D eigenvalue weighted by Crippen LogP contribution is -2.43. The van der Waals surface area contributed by atoms with Crippen LogP contribution in [-0.2, 0) is 11.3 Å². The summed E-state index contributed by atoms with van der Waals surface area (Å²) in [6.07, 6.45) is 3.05. The first-order valence-electron chi connectivity index (χ1n) is 6.88. The molecule has 0 aromatic heterocycles. The normalized spacial score (nSPS) is 19.4. The number of amides is 1. The van der Waals surface area contributed by atoms with Gasteiger partial charge in [0.1, 0.15) is 0 Å². The summed E-state index contributed by atoms with van der Waals surface area (Å²) in [7, 11) is 0. The van der Waals surface area contributed by atoms with E-state index in [1.54, 1.807) is 4.90 Å². The Bertz CT molecular complexity index is 394. The summed E-state index contributed by atoms with van der Waals surface area (Å²) < 4.78 is 5.63. The van der Waals surface area contributed by atoms with Gasteiger partial charge in [0.25, 0.3) is 0 Å². The van der Waals surface area contributed by atoms with Gasteiger partial charge in [-0.3, -0.25) is 0 Å². The molecule has 2 rings (SSSR count). The summed E-state index contributed by atoms with van der Waals surface area (Å²) in [5, 5.41) is 9.13. The molecule has 104 valence electrons. The van der Waals surface area contributed by atoms with Gasteiger partial charge in [0.15, 0.2) is 0 Å². The highest BCUT2D eigenvalue weighted by Crippen LogP contribution is 2.19. The van der Waals surface area contributed by atoms with E-state index >= 15 is 0 Å². The Kier molecular flexibility index (Phi) is 5.21. The number of benzene rings is 1. The number of carboxylic acid groups (broad SMARTS) is 1. The van der Waals surface area contributed by atoms with Gasteiger partial charge < -0.3 is 14.7 Å². The third-order valence-corrected chi connectivity index (χ3v) is 3.58. The van der Waals surface area contributed by atoms with Crippen LogP contribution >= 0.6 is 0 Å². The Morgan fingerprint density at radius 3 is 2.84 bits per heavy atom. The molecular formula is C15H21NO3. The molecule has 0 saturated carbocycles. The molecule has 1 heterocycles. The van der Waals surface area contributed by atoms with Crippen molar-refractivity contribution in [2.75, 3.05) is 13.2 Å². The highest BCUT2D eigenvalue weighted by molar-refractivity contribution is 5.65. The number of nitrogens with zero attached hydrogens (tertiary/aromatic N) is 1. The summed E-state index contributed by atoms with van der Waals surface area (Å²) in [6.45, 7) is 1.88. The van der Waals surface area contributed by atoms with Gasteiger partial charge in [-0.05, 0) is 31.2 Å². The van der Waals surface area contributed by atoms with Crippen LogP contribution in [0.4, 0.5) is 4.79 Å². The molecule has 4 nitrogen and oxygen atoms in total. The molecule has 1 aliphatic heterocycles. The number of likely N-dealkylation sites (tertiary alicyclic amines) is 1. The molecule has 1 aromatic carbocycles. The fraction of sp³-hybridized carbons (Fsp3) is 0.533. The summed E-state index contributed by atoms with van der Waals surface area (Å²) in [5.74, 6) is 0. The van der Waals surface area contributed by atoms with Gasteiger partial charge in [0.2, 0.25) is 0 Å². The van der Waals surface area contributed by atoms with Crippen molar-refractivity contribution in [2.24, 2.45) is 0 Å². The molecule has 0 spiro atoms. The minimum atomic E-state index is -0.798. The average molecular weight is 263 g/mol. The molecular weight excluding hydrogens is 242 g/mol. The molecule has 1 aliphatic rings. The summed E-state index contributed by atoms with van der Waals surface area (Å²) in [6, 6.07) is 10.2. The van der Waals surface area contributed by atoms with E-state index in [1.165, 1.54) is 0 Å². The highest BCUT2D eigenvalue weighted by atomic mass is 16.5. The molecule has 0 radical (unpaired) electrons. The highest BCUT2D eigenvalue weighted by Gasteiger charge is 2.25. The maximum atomic E-state index is 11.1. The quantitative estimate of drug-likeness (QED) is 0.830. The summed E-state index contributed by atoms with van der Waals surface area (Å²) in [4.78, 5) is 12.7. The number of ether oxygens (including phenoxy) is 1. The van der Waals surface area contributed by atoms with Crippen LogP contribution in [0.2, 0.25) is 0 Å².